The number of nitrogens with one attached hydrogen (secondary N) is 2. The van der Waals surface area contributed by atoms with E-state index in [4.69, 9.17) is 19.4 Å². The maximum Gasteiger partial charge on any atom is 0.228 e. The molecule has 1 aliphatic heterocycles. The van der Waals surface area contributed by atoms with Crippen molar-refractivity contribution in [3.63, 3.8) is 0 Å². The largest absolute Gasteiger partial charge is 0.508 e. The second-order valence-electron chi connectivity index (χ2n) is 8.83. The molecule has 0 aliphatic carbocycles. The van der Waals surface area contributed by atoms with Crippen molar-refractivity contribution in [2.75, 3.05) is 37.0 Å². The van der Waals surface area contributed by atoms with Crippen molar-refractivity contribution in [2.24, 2.45) is 0 Å². The highest BCUT2D eigenvalue weighted by Gasteiger charge is 2.25. The average molecular weight is 512 g/mol. The number of aromatic nitrogens is 2. The molecule has 38 heavy (non-hydrogen) atoms. The number of carbonyl (C=O) groups is 1. The number of aromatic hydroxyl groups is 1. The highest BCUT2D eigenvalue weighted by molar-refractivity contribution is 5.92. The van der Waals surface area contributed by atoms with Crippen LogP contribution >= 0.6 is 0 Å². The van der Waals surface area contributed by atoms with Crippen molar-refractivity contribution < 1.29 is 19.4 Å². The van der Waals surface area contributed by atoms with Crippen LogP contribution in [0, 0.1) is 0 Å². The molecule has 0 spiro atoms. The summed E-state index contributed by atoms with van der Waals surface area (Å²) in [7, 11) is 1.63. The molecule has 4 aromatic rings. The maximum atomic E-state index is 12.4. The van der Waals surface area contributed by atoms with Crippen molar-refractivity contribution in [1.82, 2.24) is 15.3 Å². The monoisotopic (exact) mass is 511 g/mol. The second kappa shape index (κ2) is 11.3. The van der Waals surface area contributed by atoms with Crippen molar-refractivity contribution in [1.29, 1.82) is 0 Å². The summed E-state index contributed by atoms with van der Waals surface area (Å²) in [5.74, 6) is 1.27. The van der Waals surface area contributed by atoms with Gasteiger partial charge in [-0.3, -0.25) is 9.69 Å². The molecule has 194 valence electrons. The van der Waals surface area contributed by atoms with E-state index in [-0.39, 0.29) is 17.9 Å². The first-order valence-electron chi connectivity index (χ1n) is 12.3. The number of carbonyl (C=O) groups excluding carboxylic acids is 1. The molecule has 0 saturated carbocycles. The average Bonchev–Trinajstić information content (AvgIpc) is 2.95. The van der Waals surface area contributed by atoms with E-state index >= 15 is 0 Å². The molecule has 3 N–H and O–H groups in total. The van der Waals surface area contributed by atoms with Crippen LogP contribution in [0.3, 0.4) is 0 Å². The van der Waals surface area contributed by atoms with Gasteiger partial charge in [0, 0.05) is 42.5 Å². The van der Waals surface area contributed by atoms with Crippen LogP contribution in [-0.2, 0) is 9.53 Å². The predicted octanol–water partition coefficient (Wildman–Crippen LogP) is 4.57. The van der Waals surface area contributed by atoms with E-state index in [1.807, 2.05) is 66.7 Å². The molecule has 1 amide bonds. The van der Waals surface area contributed by atoms with Gasteiger partial charge in [-0.05, 0) is 78.9 Å². The Hall–Kier alpha value is -4.47. The highest BCUT2D eigenvalue weighted by atomic mass is 16.5. The number of benzene rings is 3. The molecule has 0 bridgehead atoms. The number of morpholine rings is 1. The van der Waals surface area contributed by atoms with E-state index < -0.39 is 0 Å². The SMILES string of the molecule is COc1ccc(-c2cc(-c3ccc(O)cc3)nc(Nc3ccc(N(C(C)=O)C4CNCCO4)cc3)n2)cc1. The van der Waals surface area contributed by atoms with Crippen LogP contribution in [-0.4, -0.2) is 54.0 Å². The normalized spacial score (nSPS) is 15.1. The summed E-state index contributed by atoms with van der Waals surface area (Å²) < 4.78 is 11.1. The number of anilines is 3. The zero-order valence-electron chi connectivity index (χ0n) is 21.2. The first kappa shape index (κ1) is 25.2. The Labute approximate surface area is 221 Å². The van der Waals surface area contributed by atoms with Gasteiger partial charge in [0.25, 0.3) is 0 Å². The Kier molecular flexibility index (Phi) is 7.48. The lowest BCUT2D eigenvalue weighted by Crippen LogP contribution is -2.51. The van der Waals surface area contributed by atoms with Crippen molar-refractivity contribution in [3.8, 4) is 34.0 Å². The second-order valence-corrected chi connectivity index (χ2v) is 8.83. The molecule has 1 unspecified atom stereocenters. The molecule has 2 heterocycles. The Morgan fingerprint density at radius 1 is 1.00 bits per heavy atom. The third-order valence-electron chi connectivity index (χ3n) is 6.21. The van der Waals surface area contributed by atoms with Crippen LogP contribution in [0.5, 0.6) is 11.5 Å². The van der Waals surface area contributed by atoms with Gasteiger partial charge in [-0.2, -0.15) is 0 Å². The molecule has 9 heteroatoms. The van der Waals surface area contributed by atoms with Crippen LogP contribution in [0.15, 0.2) is 78.9 Å². The zero-order valence-corrected chi connectivity index (χ0v) is 21.2. The molecule has 1 saturated heterocycles. The topological polar surface area (TPSA) is 109 Å². The zero-order chi connectivity index (χ0) is 26.5. The minimum absolute atomic E-state index is 0.0894. The lowest BCUT2D eigenvalue weighted by molar-refractivity contribution is -0.119. The predicted molar refractivity (Wildman–Crippen MR) is 147 cm³/mol. The highest BCUT2D eigenvalue weighted by Crippen LogP contribution is 2.29. The van der Waals surface area contributed by atoms with Gasteiger partial charge >= 0.3 is 0 Å². The van der Waals surface area contributed by atoms with E-state index in [2.05, 4.69) is 10.6 Å². The number of methoxy groups -OCH3 is 1. The summed E-state index contributed by atoms with van der Waals surface area (Å²) in [4.78, 5) is 23.5. The molecule has 1 aliphatic rings. The van der Waals surface area contributed by atoms with E-state index in [0.717, 1.165) is 40.5 Å². The summed E-state index contributed by atoms with van der Waals surface area (Å²) in [5.41, 5.74) is 4.70. The van der Waals surface area contributed by atoms with E-state index in [1.165, 1.54) is 6.92 Å². The van der Waals surface area contributed by atoms with Gasteiger partial charge in [-0.25, -0.2) is 9.97 Å². The van der Waals surface area contributed by atoms with Gasteiger partial charge in [-0.15, -0.1) is 0 Å². The third-order valence-corrected chi connectivity index (χ3v) is 6.21. The van der Waals surface area contributed by atoms with E-state index in [0.29, 0.717) is 24.8 Å². The van der Waals surface area contributed by atoms with Gasteiger partial charge < -0.3 is 25.2 Å². The number of ether oxygens (including phenoxy) is 2. The fourth-order valence-corrected chi connectivity index (χ4v) is 4.30. The fraction of sp³-hybridized carbons (Fsp3) is 0.207. The number of phenols is 1. The molecular weight excluding hydrogens is 482 g/mol. The van der Waals surface area contributed by atoms with Gasteiger partial charge in [-0.1, -0.05) is 0 Å². The summed E-state index contributed by atoms with van der Waals surface area (Å²) >= 11 is 0. The van der Waals surface area contributed by atoms with Crippen molar-refractivity contribution >= 4 is 23.2 Å². The van der Waals surface area contributed by atoms with Crippen LogP contribution in [0.2, 0.25) is 0 Å². The molecular formula is C29H29N5O4. The number of amides is 1. The summed E-state index contributed by atoms with van der Waals surface area (Å²) in [5, 5.41) is 16.3. The number of hydrogen-bond donors (Lipinski definition) is 3. The molecule has 1 fully saturated rings. The molecule has 1 aromatic heterocycles. The number of phenolic OH excluding ortho intramolecular Hbond substituents is 1. The quantitative estimate of drug-likeness (QED) is 0.331. The number of hydrogen-bond acceptors (Lipinski definition) is 8. The summed E-state index contributed by atoms with van der Waals surface area (Å²) in [6, 6.07) is 23.9. The summed E-state index contributed by atoms with van der Waals surface area (Å²) in [6.07, 6.45) is -0.350. The van der Waals surface area contributed by atoms with E-state index in [9.17, 15) is 9.90 Å². The summed E-state index contributed by atoms with van der Waals surface area (Å²) in [6.45, 7) is 3.44. The molecule has 0 radical (unpaired) electrons. The molecule has 3 aromatic carbocycles. The Morgan fingerprint density at radius 2 is 1.63 bits per heavy atom. The molecule has 9 nitrogen and oxygen atoms in total. The fourth-order valence-electron chi connectivity index (χ4n) is 4.30. The lowest BCUT2D eigenvalue weighted by Gasteiger charge is -2.34. The minimum atomic E-state index is -0.350. The van der Waals surface area contributed by atoms with Gasteiger partial charge in [0.1, 0.15) is 17.7 Å². The number of nitrogens with zero attached hydrogens (tertiary/aromatic N) is 3. The van der Waals surface area contributed by atoms with Gasteiger partial charge in [0.15, 0.2) is 0 Å². The maximum absolute atomic E-state index is 12.4. The van der Waals surface area contributed by atoms with Crippen molar-refractivity contribution in [2.45, 2.75) is 13.2 Å². The van der Waals surface area contributed by atoms with Gasteiger partial charge in [0.05, 0.1) is 25.1 Å². The van der Waals surface area contributed by atoms with Crippen molar-refractivity contribution in [3.05, 3.63) is 78.9 Å². The smallest absolute Gasteiger partial charge is 0.228 e. The van der Waals surface area contributed by atoms with Crippen LogP contribution in [0.4, 0.5) is 17.3 Å². The lowest BCUT2D eigenvalue weighted by atomic mass is 10.1. The van der Waals surface area contributed by atoms with Crippen LogP contribution in [0.25, 0.3) is 22.5 Å². The minimum Gasteiger partial charge on any atom is -0.508 e. The van der Waals surface area contributed by atoms with Gasteiger partial charge in [0.2, 0.25) is 11.9 Å². The Bertz CT molecular complexity index is 1390. The number of rotatable bonds is 7. The van der Waals surface area contributed by atoms with E-state index in [1.54, 1.807) is 24.1 Å². The standard InChI is InChI=1S/C29H29N5O4/c1-19(35)34(28-18-30-15-16-38-28)23-9-7-22(8-10-23)31-29-32-26(20-3-11-24(36)12-4-20)17-27(33-29)21-5-13-25(37-2)14-6-21/h3-14,17,28,30,36H,15-16,18H2,1-2H3,(H,31,32,33). The Morgan fingerprint density at radius 3 is 2.18 bits per heavy atom. The molecule has 1 atom stereocenters. The third kappa shape index (κ3) is 5.74. The van der Waals surface area contributed by atoms with Crippen LogP contribution < -0.4 is 20.3 Å². The first-order chi connectivity index (χ1) is 18.5. The Balaban J connectivity index is 1.45. The molecule has 5 rings (SSSR count). The first-order valence-corrected chi connectivity index (χ1v) is 12.3. The van der Waals surface area contributed by atoms with Crippen LogP contribution in [0.1, 0.15) is 6.92 Å².